The minimum absolute atomic E-state index is 0.0114. The van der Waals surface area contributed by atoms with Gasteiger partial charge >= 0.3 is 0 Å². The first-order chi connectivity index (χ1) is 6.43. The predicted octanol–water partition coefficient (Wildman–Crippen LogP) is 0.619. The standard InChI is InChI=1S/C9H19NO3S/c1-3-9(2,6-7-11)10-14(12,13)8-4-5-8/h8,10-11H,3-7H2,1-2H3. The number of hydrogen-bond acceptors (Lipinski definition) is 3. The highest BCUT2D eigenvalue weighted by Gasteiger charge is 2.39. The average Bonchev–Trinajstić information content (AvgIpc) is 2.85. The molecule has 0 amide bonds. The summed E-state index contributed by atoms with van der Waals surface area (Å²) in [6.45, 7) is 3.77. The van der Waals surface area contributed by atoms with Crippen LogP contribution in [0.2, 0.25) is 0 Å². The summed E-state index contributed by atoms with van der Waals surface area (Å²) in [4.78, 5) is 0. The highest BCUT2D eigenvalue weighted by Crippen LogP contribution is 2.29. The zero-order chi connectivity index (χ0) is 10.8. The van der Waals surface area contributed by atoms with Crippen LogP contribution in [-0.2, 0) is 10.0 Å². The first-order valence-corrected chi connectivity index (χ1v) is 6.62. The third-order valence-corrected chi connectivity index (χ3v) is 4.92. The molecule has 0 radical (unpaired) electrons. The molecule has 1 rings (SSSR count). The number of nitrogens with one attached hydrogen (secondary N) is 1. The van der Waals surface area contributed by atoms with Gasteiger partial charge in [-0.25, -0.2) is 13.1 Å². The molecule has 0 spiro atoms. The van der Waals surface area contributed by atoms with E-state index in [1.54, 1.807) is 0 Å². The summed E-state index contributed by atoms with van der Waals surface area (Å²) in [6.07, 6.45) is 2.71. The van der Waals surface area contributed by atoms with Crippen molar-refractivity contribution in [3.63, 3.8) is 0 Å². The lowest BCUT2D eigenvalue weighted by molar-refractivity contribution is 0.233. The van der Waals surface area contributed by atoms with Crippen molar-refractivity contribution in [3.8, 4) is 0 Å². The number of hydrogen-bond donors (Lipinski definition) is 2. The minimum Gasteiger partial charge on any atom is -0.396 e. The van der Waals surface area contributed by atoms with E-state index >= 15 is 0 Å². The Bertz CT molecular complexity index is 284. The van der Waals surface area contributed by atoms with Crippen LogP contribution in [0.15, 0.2) is 0 Å². The fourth-order valence-electron chi connectivity index (χ4n) is 1.35. The molecular formula is C9H19NO3S. The Hall–Kier alpha value is -0.130. The molecule has 1 aliphatic rings. The second kappa shape index (κ2) is 4.16. The van der Waals surface area contributed by atoms with Crippen LogP contribution in [0.25, 0.3) is 0 Å². The highest BCUT2D eigenvalue weighted by atomic mass is 32.2. The molecule has 5 heteroatoms. The van der Waals surface area contributed by atoms with Gasteiger partial charge in [-0.15, -0.1) is 0 Å². The van der Waals surface area contributed by atoms with Crippen LogP contribution in [-0.4, -0.2) is 30.9 Å². The van der Waals surface area contributed by atoms with Gasteiger partial charge in [-0.3, -0.25) is 0 Å². The van der Waals surface area contributed by atoms with Crippen molar-refractivity contribution >= 4 is 10.0 Å². The number of sulfonamides is 1. The van der Waals surface area contributed by atoms with E-state index in [1.165, 1.54) is 0 Å². The van der Waals surface area contributed by atoms with Gasteiger partial charge < -0.3 is 5.11 Å². The second-order valence-electron chi connectivity index (χ2n) is 4.23. The van der Waals surface area contributed by atoms with Crippen LogP contribution in [0.5, 0.6) is 0 Å². The van der Waals surface area contributed by atoms with Crippen molar-refractivity contribution in [2.24, 2.45) is 0 Å². The fourth-order valence-corrected chi connectivity index (χ4v) is 3.21. The van der Waals surface area contributed by atoms with Crippen LogP contribution in [0.4, 0.5) is 0 Å². The van der Waals surface area contributed by atoms with Crippen molar-refractivity contribution < 1.29 is 13.5 Å². The molecule has 0 aromatic heterocycles. The normalized spacial score (nSPS) is 21.9. The van der Waals surface area contributed by atoms with Gasteiger partial charge in [0.25, 0.3) is 0 Å². The van der Waals surface area contributed by atoms with E-state index in [1.807, 2.05) is 13.8 Å². The van der Waals surface area contributed by atoms with E-state index in [-0.39, 0.29) is 11.9 Å². The molecule has 0 heterocycles. The van der Waals surface area contributed by atoms with E-state index in [0.29, 0.717) is 12.8 Å². The van der Waals surface area contributed by atoms with Gasteiger partial charge in [0.1, 0.15) is 0 Å². The monoisotopic (exact) mass is 221 g/mol. The molecule has 1 fully saturated rings. The summed E-state index contributed by atoms with van der Waals surface area (Å²) < 4.78 is 26.0. The summed E-state index contributed by atoms with van der Waals surface area (Å²) in [5.41, 5.74) is -0.490. The quantitative estimate of drug-likeness (QED) is 0.691. The van der Waals surface area contributed by atoms with E-state index in [9.17, 15) is 8.42 Å². The first-order valence-electron chi connectivity index (χ1n) is 5.07. The number of rotatable bonds is 6. The molecule has 2 N–H and O–H groups in total. The van der Waals surface area contributed by atoms with Crippen LogP contribution < -0.4 is 4.72 Å². The minimum atomic E-state index is -3.14. The van der Waals surface area contributed by atoms with Crippen LogP contribution in [0.3, 0.4) is 0 Å². The van der Waals surface area contributed by atoms with Crippen LogP contribution in [0, 0.1) is 0 Å². The number of aliphatic hydroxyl groups is 1. The summed E-state index contributed by atoms with van der Waals surface area (Å²) in [7, 11) is -3.14. The van der Waals surface area contributed by atoms with E-state index < -0.39 is 15.6 Å². The maximum atomic E-state index is 11.6. The van der Waals surface area contributed by atoms with Crippen molar-refractivity contribution in [2.75, 3.05) is 6.61 Å². The topological polar surface area (TPSA) is 66.4 Å². The van der Waals surface area contributed by atoms with Gasteiger partial charge in [-0.2, -0.15) is 0 Å². The second-order valence-corrected chi connectivity index (χ2v) is 6.20. The maximum absolute atomic E-state index is 11.6. The van der Waals surface area contributed by atoms with Gasteiger partial charge in [-0.1, -0.05) is 6.92 Å². The van der Waals surface area contributed by atoms with Gasteiger partial charge in [0, 0.05) is 12.1 Å². The van der Waals surface area contributed by atoms with Gasteiger partial charge in [0.05, 0.1) is 5.25 Å². The first kappa shape index (κ1) is 11.9. The summed E-state index contributed by atoms with van der Waals surface area (Å²) in [5, 5.41) is 8.66. The van der Waals surface area contributed by atoms with Crippen LogP contribution in [0.1, 0.15) is 39.5 Å². The Balaban J connectivity index is 2.63. The Kier molecular flexibility index (Phi) is 3.55. The molecule has 1 atom stereocenters. The molecule has 0 aromatic carbocycles. The van der Waals surface area contributed by atoms with E-state index in [2.05, 4.69) is 4.72 Å². The third-order valence-electron chi connectivity index (χ3n) is 2.80. The molecule has 1 saturated carbocycles. The largest absolute Gasteiger partial charge is 0.396 e. The Morgan fingerprint density at radius 3 is 2.43 bits per heavy atom. The smallest absolute Gasteiger partial charge is 0.214 e. The molecule has 0 aliphatic heterocycles. The summed E-state index contributed by atoms with van der Waals surface area (Å²) in [5.74, 6) is 0. The lowest BCUT2D eigenvalue weighted by Gasteiger charge is -2.28. The van der Waals surface area contributed by atoms with Gasteiger partial charge in [0.15, 0.2) is 0 Å². The lowest BCUT2D eigenvalue weighted by atomic mass is 9.97. The zero-order valence-electron chi connectivity index (χ0n) is 8.78. The molecule has 1 aliphatic carbocycles. The Morgan fingerprint density at radius 2 is 2.07 bits per heavy atom. The fraction of sp³-hybridized carbons (Fsp3) is 1.00. The molecule has 0 saturated heterocycles. The van der Waals surface area contributed by atoms with Gasteiger partial charge in [0.2, 0.25) is 10.0 Å². The predicted molar refractivity (Wildman–Crippen MR) is 55.5 cm³/mol. The molecule has 0 bridgehead atoms. The maximum Gasteiger partial charge on any atom is 0.214 e. The summed E-state index contributed by atoms with van der Waals surface area (Å²) in [6, 6.07) is 0. The lowest BCUT2D eigenvalue weighted by Crippen LogP contribution is -2.47. The van der Waals surface area contributed by atoms with Crippen molar-refractivity contribution in [1.29, 1.82) is 0 Å². The van der Waals surface area contributed by atoms with Crippen molar-refractivity contribution in [2.45, 2.75) is 50.3 Å². The molecule has 84 valence electrons. The SMILES string of the molecule is CCC(C)(CCO)NS(=O)(=O)C1CC1. The van der Waals surface area contributed by atoms with Crippen molar-refractivity contribution in [3.05, 3.63) is 0 Å². The van der Waals surface area contributed by atoms with Gasteiger partial charge in [-0.05, 0) is 32.6 Å². The third kappa shape index (κ3) is 2.93. The summed E-state index contributed by atoms with van der Waals surface area (Å²) >= 11 is 0. The number of aliphatic hydroxyl groups excluding tert-OH is 1. The van der Waals surface area contributed by atoms with E-state index in [4.69, 9.17) is 5.11 Å². The zero-order valence-corrected chi connectivity index (χ0v) is 9.60. The average molecular weight is 221 g/mol. The molecular weight excluding hydrogens is 202 g/mol. The molecule has 4 nitrogen and oxygen atoms in total. The Labute approximate surface area is 85.8 Å². The van der Waals surface area contributed by atoms with Crippen LogP contribution >= 0.6 is 0 Å². The molecule has 14 heavy (non-hydrogen) atoms. The molecule has 0 aromatic rings. The highest BCUT2D eigenvalue weighted by molar-refractivity contribution is 7.90. The Morgan fingerprint density at radius 1 is 1.50 bits per heavy atom. The van der Waals surface area contributed by atoms with Crippen molar-refractivity contribution in [1.82, 2.24) is 4.72 Å². The molecule has 1 unspecified atom stereocenters. The van der Waals surface area contributed by atoms with E-state index in [0.717, 1.165) is 12.8 Å².